The molecule has 0 radical (unpaired) electrons. The first-order chi connectivity index (χ1) is 5.74. The third kappa shape index (κ3) is 2.08. The van der Waals surface area contributed by atoms with Gasteiger partial charge in [-0.15, -0.1) is 0 Å². The van der Waals surface area contributed by atoms with Gasteiger partial charge in [-0.1, -0.05) is 0 Å². The molecule has 4 nitrogen and oxygen atoms in total. The van der Waals surface area contributed by atoms with Crippen molar-refractivity contribution in [1.82, 2.24) is 14.9 Å². The van der Waals surface area contributed by atoms with Gasteiger partial charge in [0.15, 0.2) is 0 Å². The van der Waals surface area contributed by atoms with E-state index in [1.54, 1.807) is 13.2 Å². The average Bonchev–Trinajstić information content (AvgIpc) is 2.47. The van der Waals surface area contributed by atoms with Crippen molar-refractivity contribution < 1.29 is 4.79 Å². The van der Waals surface area contributed by atoms with E-state index >= 15 is 0 Å². The highest BCUT2D eigenvalue weighted by molar-refractivity contribution is 5.75. The molecule has 0 unspecified atom stereocenters. The number of hydrogen-bond donors (Lipinski definition) is 1. The summed E-state index contributed by atoms with van der Waals surface area (Å²) in [5, 5.41) is 2.57. The van der Waals surface area contributed by atoms with E-state index in [2.05, 4.69) is 10.3 Å². The van der Waals surface area contributed by atoms with Gasteiger partial charge in [0.2, 0.25) is 5.91 Å². The van der Waals surface area contributed by atoms with Crippen molar-refractivity contribution in [3.8, 4) is 0 Å². The standard InChI is InChI=1S/C8H13N3O/c1-7-10-4-6-11(7)5-3-8(12)9-2/h4,6H,3,5H2,1-2H3,(H,9,12). The second-order valence-corrected chi connectivity index (χ2v) is 2.59. The molecule has 0 fully saturated rings. The molecule has 0 aromatic carbocycles. The molecule has 0 saturated heterocycles. The Morgan fingerprint density at radius 1 is 1.75 bits per heavy atom. The first kappa shape index (κ1) is 8.77. The third-order valence-corrected chi connectivity index (χ3v) is 1.78. The molecular formula is C8H13N3O. The monoisotopic (exact) mass is 167 g/mol. The van der Waals surface area contributed by atoms with Crippen LogP contribution >= 0.6 is 0 Å². The van der Waals surface area contributed by atoms with Crippen LogP contribution in [0.5, 0.6) is 0 Å². The highest BCUT2D eigenvalue weighted by Gasteiger charge is 2.00. The van der Waals surface area contributed by atoms with Gasteiger partial charge in [-0.25, -0.2) is 4.98 Å². The highest BCUT2D eigenvalue weighted by Crippen LogP contribution is 1.96. The Balaban J connectivity index is 2.43. The largest absolute Gasteiger partial charge is 0.359 e. The molecule has 1 amide bonds. The molecule has 0 spiro atoms. The van der Waals surface area contributed by atoms with E-state index in [1.807, 2.05) is 17.7 Å². The summed E-state index contributed by atoms with van der Waals surface area (Å²) in [5.41, 5.74) is 0. The lowest BCUT2D eigenvalue weighted by molar-refractivity contribution is -0.120. The first-order valence-corrected chi connectivity index (χ1v) is 3.92. The van der Waals surface area contributed by atoms with Gasteiger partial charge in [0.05, 0.1) is 0 Å². The Hall–Kier alpha value is -1.32. The predicted octanol–water partition coefficient (Wildman–Crippen LogP) is 0.328. The van der Waals surface area contributed by atoms with Gasteiger partial charge >= 0.3 is 0 Å². The quantitative estimate of drug-likeness (QED) is 0.705. The van der Waals surface area contributed by atoms with Crippen LogP contribution in [0, 0.1) is 6.92 Å². The Labute approximate surface area is 71.6 Å². The molecule has 0 bridgehead atoms. The Morgan fingerprint density at radius 3 is 3.00 bits per heavy atom. The number of carbonyl (C=O) groups is 1. The molecular weight excluding hydrogens is 154 g/mol. The summed E-state index contributed by atoms with van der Waals surface area (Å²) >= 11 is 0. The Morgan fingerprint density at radius 2 is 2.50 bits per heavy atom. The minimum Gasteiger partial charge on any atom is -0.359 e. The molecule has 0 aliphatic rings. The van der Waals surface area contributed by atoms with Crippen LogP contribution in [-0.2, 0) is 11.3 Å². The lowest BCUT2D eigenvalue weighted by atomic mass is 10.4. The van der Waals surface area contributed by atoms with Gasteiger partial charge < -0.3 is 9.88 Å². The van der Waals surface area contributed by atoms with E-state index < -0.39 is 0 Å². The van der Waals surface area contributed by atoms with Gasteiger partial charge in [0.25, 0.3) is 0 Å². The molecule has 66 valence electrons. The molecule has 1 rings (SSSR count). The van der Waals surface area contributed by atoms with Gasteiger partial charge in [0, 0.05) is 32.4 Å². The predicted molar refractivity (Wildman–Crippen MR) is 45.6 cm³/mol. The van der Waals surface area contributed by atoms with E-state index in [9.17, 15) is 4.79 Å². The Kier molecular flexibility index (Phi) is 2.85. The van der Waals surface area contributed by atoms with Crippen LogP contribution in [0.2, 0.25) is 0 Å². The topological polar surface area (TPSA) is 46.9 Å². The Bertz CT molecular complexity index is 267. The normalized spacial score (nSPS) is 9.83. The third-order valence-electron chi connectivity index (χ3n) is 1.78. The smallest absolute Gasteiger partial charge is 0.221 e. The van der Waals surface area contributed by atoms with Crippen LogP contribution in [0.4, 0.5) is 0 Å². The molecule has 0 saturated carbocycles. The van der Waals surface area contributed by atoms with Crippen molar-refractivity contribution in [2.75, 3.05) is 7.05 Å². The van der Waals surface area contributed by atoms with Gasteiger partial charge in [0.1, 0.15) is 5.82 Å². The number of carbonyl (C=O) groups excluding carboxylic acids is 1. The zero-order valence-electron chi connectivity index (χ0n) is 7.37. The van der Waals surface area contributed by atoms with E-state index in [-0.39, 0.29) is 5.91 Å². The van der Waals surface area contributed by atoms with Crippen LogP contribution in [0.25, 0.3) is 0 Å². The minimum absolute atomic E-state index is 0.0584. The number of imidazole rings is 1. The zero-order chi connectivity index (χ0) is 8.97. The average molecular weight is 167 g/mol. The molecule has 0 aliphatic carbocycles. The van der Waals surface area contributed by atoms with Gasteiger partial charge in [-0.2, -0.15) is 0 Å². The van der Waals surface area contributed by atoms with Crippen LogP contribution in [0.15, 0.2) is 12.4 Å². The van der Waals surface area contributed by atoms with Crippen LogP contribution < -0.4 is 5.32 Å². The number of amides is 1. The SMILES string of the molecule is CNC(=O)CCn1ccnc1C. The number of hydrogen-bond acceptors (Lipinski definition) is 2. The van der Waals surface area contributed by atoms with Crippen molar-refractivity contribution >= 4 is 5.91 Å². The fourth-order valence-corrected chi connectivity index (χ4v) is 0.987. The maximum absolute atomic E-state index is 10.9. The number of rotatable bonds is 3. The molecule has 12 heavy (non-hydrogen) atoms. The minimum atomic E-state index is 0.0584. The number of nitrogens with zero attached hydrogens (tertiary/aromatic N) is 2. The van der Waals surface area contributed by atoms with E-state index in [0.29, 0.717) is 13.0 Å². The van der Waals surface area contributed by atoms with E-state index in [1.165, 1.54) is 0 Å². The van der Waals surface area contributed by atoms with Crippen molar-refractivity contribution in [3.05, 3.63) is 18.2 Å². The van der Waals surface area contributed by atoms with E-state index in [0.717, 1.165) is 5.82 Å². The van der Waals surface area contributed by atoms with Crippen LogP contribution in [0.1, 0.15) is 12.2 Å². The highest BCUT2D eigenvalue weighted by atomic mass is 16.1. The number of aryl methyl sites for hydroxylation is 2. The number of nitrogens with one attached hydrogen (secondary N) is 1. The lowest BCUT2D eigenvalue weighted by Gasteiger charge is -2.02. The van der Waals surface area contributed by atoms with E-state index in [4.69, 9.17) is 0 Å². The van der Waals surface area contributed by atoms with Crippen molar-refractivity contribution in [2.45, 2.75) is 19.9 Å². The van der Waals surface area contributed by atoms with Crippen molar-refractivity contribution in [1.29, 1.82) is 0 Å². The summed E-state index contributed by atoms with van der Waals surface area (Å²) in [7, 11) is 1.64. The molecule has 4 heteroatoms. The second-order valence-electron chi connectivity index (χ2n) is 2.59. The summed E-state index contributed by atoms with van der Waals surface area (Å²) in [6.07, 6.45) is 4.12. The lowest BCUT2D eigenvalue weighted by Crippen LogP contribution is -2.19. The molecule has 1 N–H and O–H groups in total. The van der Waals surface area contributed by atoms with Crippen LogP contribution in [0.3, 0.4) is 0 Å². The summed E-state index contributed by atoms with van der Waals surface area (Å²) in [4.78, 5) is 14.9. The molecule has 0 aliphatic heterocycles. The van der Waals surface area contributed by atoms with Crippen molar-refractivity contribution in [2.24, 2.45) is 0 Å². The first-order valence-electron chi connectivity index (χ1n) is 3.92. The summed E-state index contributed by atoms with van der Waals surface area (Å²) in [6.45, 7) is 2.62. The fraction of sp³-hybridized carbons (Fsp3) is 0.500. The van der Waals surface area contributed by atoms with Gasteiger partial charge in [-0.05, 0) is 6.92 Å². The number of aromatic nitrogens is 2. The second kappa shape index (κ2) is 3.90. The summed E-state index contributed by atoms with van der Waals surface area (Å²) in [5.74, 6) is 1.00. The summed E-state index contributed by atoms with van der Waals surface area (Å²) < 4.78 is 1.95. The molecule has 1 aromatic heterocycles. The molecule has 1 aromatic rings. The fourth-order valence-electron chi connectivity index (χ4n) is 0.987. The zero-order valence-corrected chi connectivity index (χ0v) is 7.37. The van der Waals surface area contributed by atoms with Gasteiger partial charge in [-0.3, -0.25) is 4.79 Å². The maximum Gasteiger partial charge on any atom is 0.221 e. The molecule has 1 heterocycles. The van der Waals surface area contributed by atoms with Crippen molar-refractivity contribution in [3.63, 3.8) is 0 Å². The maximum atomic E-state index is 10.9. The summed E-state index contributed by atoms with van der Waals surface area (Å²) in [6, 6.07) is 0. The van der Waals surface area contributed by atoms with Crippen LogP contribution in [-0.4, -0.2) is 22.5 Å². The molecule has 0 atom stereocenters.